The van der Waals surface area contributed by atoms with Crippen molar-refractivity contribution in [3.05, 3.63) is 24.1 Å². The maximum atomic E-state index is 11.4. The van der Waals surface area contributed by atoms with Crippen LogP contribution in [0, 0.1) is 0 Å². The third-order valence-electron chi connectivity index (χ3n) is 1.94. The van der Waals surface area contributed by atoms with E-state index in [1.807, 2.05) is 0 Å². The van der Waals surface area contributed by atoms with Gasteiger partial charge < -0.3 is 14.9 Å². The number of ether oxygens (including phenoxy) is 1. The standard InChI is InChI=1S/C10H10N2O3/c1-2-14-10(13)9-7(11)8-6(15-9)4-3-5-12-8/h3-5H,2,11H2,1H3. The summed E-state index contributed by atoms with van der Waals surface area (Å²) in [5, 5.41) is 0. The topological polar surface area (TPSA) is 78.3 Å². The first-order chi connectivity index (χ1) is 7.24. The lowest BCUT2D eigenvalue weighted by molar-refractivity contribution is 0.0494. The highest BCUT2D eigenvalue weighted by Crippen LogP contribution is 2.26. The van der Waals surface area contributed by atoms with Gasteiger partial charge in [-0.2, -0.15) is 0 Å². The van der Waals surface area contributed by atoms with Crippen molar-refractivity contribution in [2.45, 2.75) is 6.92 Å². The number of nitrogens with two attached hydrogens (primary N) is 1. The molecule has 0 radical (unpaired) electrons. The molecule has 78 valence electrons. The van der Waals surface area contributed by atoms with Gasteiger partial charge in [0.25, 0.3) is 0 Å². The molecule has 5 nitrogen and oxygen atoms in total. The van der Waals surface area contributed by atoms with E-state index in [-0.39, 0.29) is 18.1 Å². The molecular weight excluding hydrogens is 196 g/mol. The summed E-state index contributed by atoms with van der Waals surface area (Å²) in [4.78, 5) is 15.4. The smallest absolute Gasteiger partial charge is 0.376 e. The summed E-state index contributed by atoms with van der Waals surface area (Å²) in [5.41, 5.74) is 6.91. The molecule has 15 heavy (non-hydrogen) atoms. The van der Waals surface area contributed by atoms with Gasteiger partial charge in [0, 0.05) is 6.20 Å². The summed E-state index contributed by atoms with van der Waals surface area (Å²) in [6.45, 7) is 2.00. The molecule has 0 atom stereocenters. The molecule has 2 rings (SSSR count). The number of hydrogen-bond acceptors (Lipinski definition) is 5. The first-order valence-electron chi connectivity index (χ1n) is 4.54. The van der Waals surface area contributed by atoms with Gasteiger partial charge in [-0.3, -0.25) is 4.98 Å². The number of hydrogen-bond donors (Lipinski definition) is 1. The quantitative estimate of drug-likeness (QED) is 0.755. The molecule has 5 heteroatoms. The van der Waals surface area contributed by atoms with E-state index >= 15 is 0 Å². The fourth-order valence-corrected chi connectivity index (χ4v) is 1.30. The minimum absolute atomic E-state index is 0.0190. The van der Waals surface area contributed by atoms with E-state index in [0.717, 1.165) is 0 Å². The molecule has 2 aromatic heterocycles. The second-order valence-electron chi connectivity index (χ2n) is 2.92. The Morgan fingerprint density at radius 1 is 1.67 bits per heavy atom. The van der Waals surface area contributed by atoms with Crippen LogP contribution in [0.5, 0.6) is 0 Å². The van der Waals surface area contributed by atoms with E-state index in [0.29, 0.717) is 11.1 Å². The average molecular weight is 206 g/mol. The van der Waals surface area contributed by atoms with Crippen LogP contribution in [0.15, 0.2) is 22.7 Å². The highest BCUT2D eigenvalue weighted by Gasteiger charge is 2.19. The SMILES string of the molecule is CCOC(=O)c1oc2cccnc2c1N. The Kier molecular flexibility index (Phi) is 2.29. The van der Waals surface area contributed by atoms with E-state index in [1.165, 1.54) is 0 Å². The summed E-state index contributed by atoms with van der Waals surface area (Å²) < 4.78 is 10.0. The Balaban J connectivity index is 2.53. The number of anilines is 1. The highest BCUT2D eigenvalue weighted by molar-refractivity contribution is 6.01. The first-order valence-corrected chi connectivity index (χ1v) is 4.54. The number of rotatable bonds is 2. The molecule has 0 unspecified atom stereocenters. The first kappa shape index (κ1) is 9.51. The van der Waals surface area contributed by atoms with Gasteiger partial charge in [0.15, 0.2) is 5.58 Å². The average Bonchev–Trinajstić information content (AvgIpc) is 2.57. The summed E-state index contributed by atoms with van der Waals surface area (Å²) in [7, 11) is 0. The van der Waals surface area contributed by atoms with Crippen molar-refractivity contribution >= 4 is 22.8 Å². The van der Waals surface area contributed by atoms with E-state index < -0.39 is 5.97 Å². The molecule has 0 saturated heterocycles. The minimum Gasteiger partial charge on any atom is -0.460 e. The lowest BCUT2D eigenvalue weighted by atomic mass is 10.3. The largest absolute Gasteiger partial charge is 0.460 e. The van der Waals surface area contributed by atoms with E-state index in [1.54, 1.807) is 25.3 Å². The number of fused-ring (bicyclic) bond motifs is 1. The van der Waals surface area contributed by atoms with Crippen LogP contribution in [0.2, 0.25) is 0 Å². The number of carbonyl (C=O) groups excluding carboxylic acids is 1. The van der Waals surface area contributed by atoms with Gasteiger partial charge in [0.05, 0.1) is 6.61 Å². The second kappa shape index (κ2) is 3.61. The normalized spacial score (nSPS) is 10.5. The molecule has 0 bridgehead atoms. The fraction of sp³-hybridized carbons (Fsp3) is 0.200. The van der Waals surface area contributed by atoms with Gasteiger partial charge in [-0.15, -0.1) is 0 Å². The Morgan fingerprint density at radius 2 is 2.47 bits per heavy atom. The van der Waals surface area contributed by atoms with Crippen LogP contribution < -0.4 is 5.73 Å². The summed E-state index contributed by atoms with van der Waals surface area (Å²) in [5.74, 6) is -0.543. The van der Waals surface area contributed by atoms with Crippen molar-refractivity contribution in [3.63, 3.8) is 0 Å². The van der Waals surface area contributed by atoms with Crippen LogP contribution in [-0.2, 0) is 4.74 Å². The lowest BCUT2D eigenvalue weighted by Crippen LogP contribution is -2.05. The Bertz CT molecular complexity index is 504. The highest BCUT2D eigenvalue weighted by atomic mass is 16.5. The number of aromatic nitrogens is 1. The molecule has 0 fully saturated rings. The predicted molar refractivity (Wildman–Crippen MR) is 54.4 cm³/mol. The Labute approximate surface area is 85.8 Å². The second-order valence-corrected chi connectivity index (χ2v) is 2.92. The van der Waals surface area contributed by atoms with Crippen molar-refractivity contribution < 1.29 is 13.9 Å². The zero-order valence-electron chi connectivity index (χ0n) is 8.19. The summed E-state index contributed by atoms with van der Waals surface area (Å²) >= 11 is 0. The number of nitrogens with zero attached hydrogens (tertiary/aromatic N) is 1. The monoisotopic (exact) mass is 206 g/mol. The van der Waals surface area contributed by atoms with Gasteiger partial charge in [-0.05, 0) is 19.1 Å². The van der Waals surface area contributed by atoms with Crippen LogP contribution in [0.1, 0.15) is 17.5 Å². The molecular formula is C10H10N2O3. The van der Waals surface area contributed by atoms with Crippen LogP contribution in [-0.4, -0.2) is 17.6 Å². The Morgan fingerprint density at radius 3 is 3.13 bits per heavy atom. The lowest BCUT2D eigenvalue weighted by Gasteiger charge is -1.97. The molecule has 0 aromatic carbocycles. The number of pyridine rings is 1. The maximum Gasteiger partial charge on any atom is 0.376 e. The van der Waals surface area contributed by atoms with Gasteiger partial charge in [-0.1, -0.05) is 0 Å². The van der Waals surface area contributed by atoms with Crippen molar-refractivity contribution in [2.24, 2.45) is 0 Å². The van der Waals surface area contributed by atoms with Crippen LogP contribution in [0.3, 0.4) is 0 Å². The molecule has 2 heterocycles. The number of nitrogen functional groups attached to an aromatic ring is 1. The summed E-state index contributed by atoms with van der Waals surface area (Å²) in [6.07, 6.45) is 1.59. The van der Waals surface area contributed by atoms with E-state index in [4.69, 9.17) is 14.9 Å². The molecule has 0 spiro atoms. The Hall–Kier alpha value is -2.04. The third-order valence-corrected chi connectivity index (χ3v) is 1.94. The van der Waals surface area contributed by atoms with E-state index in [9.17, 15) is 4.79 Å². The maximum absolute atomic E-state index is 11.4. The minimum atomic E-state index is -0.562. The van der Waals surface area contributed by atoms with Crippen molar-refractivity contribution in [1.29, 1.82) is 0 Å². The third kappa shape index (κ3) is 1.52. The van der Waals surface area contributed by atoms with Gasteiger partial charge in [0.1, 0.15) is 11.2 Å². The number of furan rings is 1. The molecule has 0 aliphatic heterocycles. The van der Waals surface area contributed by atoms with E-state index in [2.05, 4.69) is 4.98 Å². The predicted octanol–water partition coefficient (Wildman–Crippen LogP) is 1.59. The van der Waals surface area contributed by atoms with Gasteiger partial charge >= 0.3 is 5.97 Å². The van der Waals surface area contributed by atoms with Crippen LogP contribution in [0.4, 0.5) is 5.69 Å². The molecule has 2 N–H and O–H groups in total. The molecule has 2 aromatic rings. The zero-order valence-corrected chi connectivity index (χ0v) is 8.19. The van der Waals surface area contributed by atoms with Crippen molar-refractivity contribution in [3.8, 4) is 0 Å². The van der Waals surface area contributed by atoms with Crippen LogP contribution >= 0.6 is 0 Å². The number of esters is 1. The molecule has 0 aliphatic carbocycles. The molecule has 0 aliphatic rings. The fourth-order valence-electron chi connectivity index (χ4n) is 1.30. The van der Waals surface area contributed by atoms with Gasteiger partial charge in [0.2, 0.25) is 5.76 Å². The van der Waals surface area contributed by atoms with Crippen molar-refractivity contribution in [1.82, 2.24) is 4.98 Å². The number of carbonyl (C=O) groups is 1. The van der Waals surface area contributed by atoms with Crippen LogP contribution in [0.25, 0.3) is 11.1 Å². The molecule has 0 amide bonds. The van der Waals surface area contributed by atoms with Crippen molar-refractivity contribution in [2.75, 3.05) is 12.3 Å². The van der Waals surface area contributed by atoms with Gasteiger partial charge in [-0.25, -0.2) is 4.79 Å². The molecule has 0 saturated carbocycles. The zero-order chi connectivity index (χ0) is 10.8. The summed E-state index contributed by atoms with van der Waals surface area (Å²) in [6, 6.07) is 3.40.